The second kappa shape index (κ2) is 11.2. The molecular weight excluding hydrogens is 505 g/mol. The van der Waals surface area contributed by atoms with Gasteiger partial charge in [-0.25, -0.2) is 9.78 Å². The van der Waals surface area contributed by atoms with Crippen LogP contribution in [0.4, 0.5) is 0 Å². The van der Waals surface area contributed by atoms with Crippen molar-refractivity contribution >= 4 is 64.1 Å². The number of hydrogen-bond donors (Lipinski definition) is 0. The third-order valence-corrected chi connectivity index (χ3v) is 10.7. The number of carbonyl (C=O) groups is 2. The highest BCUT2D eigenvalue weighted by Gasteiger charge is 2.56. The van der Waals surface area contributed by atoms with Crippen LogP contribution >= 0.6 is 32.9 Å². The summed E-state index contributed by atoms with van der Waals surface area (Å²) in [5.74, 6) is -0.771. The number of para-hydroxylation sites is 1. The molecule has 1 aliphatic rings. The Morgan fingerprint density at radius 2 is 1.94 bits per heavy atom. The Hall–Kier alpha value is -1.33. The van der Waals surface area contributed by atoms with Crippen LogP contribution in [0.15, 0.2) is 39.9 Å². The van der Waals surface area contributed by atoms with Crippen LogP contribution in [-0.2, 0) is 18.8 Å². The van der Waals surface area contributed by atoms with E-state index in [0.717, 1.165) is 20.1 Å². The van der Waals surface area contributed by atoms with Gasteiger partial charge in [0, 0.05) is 12.5 Å². The number of thiazole rings is 1. The summed E-state index contributed by atoms with van der Waals surface area (Å²) in [5, 5.41) is -0.227. The van der Waals surface area contributed by atoms with Crippen LogP contribution in [0.5, 0.6) is 0 Å². The van der Waals surface area contributed by atoms with Crippen LogP contribution in [0.2, 0.25) is 13.1 Å². The predicted octanol–water partition coefficient (Wildman–Crippen LogP) is 5.95. The fourth-order valence-electron chi connectivity index (χ4n) is 4.00. The van der Waals surface area contributed by atoms with Crippen molar-refractivity contribution in [2.75, 3.05) is 13.7 Å². The van der Waals surface area contributed by atoms with Crippen molar-refractivity contribution in [2.24, 2.45) is 17.3 Å². The summed E-state index contributed by atoms with van der Waals surface area (Å²) in [4.78, 5) is 32.6. The Kier molecular flexibility index (Phi) is 8.94. The fourth-order valence-corrected chi connectivity index (χ4v) is 8.67. The summed E-state index contributed by atoms with van der Waals surface area (Å²) in [5.41, 5.74) is 1.92. The van der Waals surface area contributed by atoms with Crippen LogP contribution in [0.25, 0.3) is 10.2 Å². The third kappa shape index (κ3) is 5.89. The largest absolute Gasteiger partial charge is 0.464 e. The number of methoxy groups -OCH3 is 1. The summed E-state index contributed by atoms with van der Waals surface area (Å²) in [7, 11) is 3.25. The first kappa shape index (κ1) is 27.3. The van der Waals surface area contributed by atoms with Gasteiger partial charge in [-0.05, 0) is 60.9 Å². The zero-order valence-corrected chi connectivity index (χ0v) is 24.7. The van der Waals surface area contributed by atoms with Crippen LogP contribution < -0.4 is 0 Å². The van der Waals surface area contributed by atoms with Gasteiger partial charge in [-0.15, -0.1) is 11.3 Å². The van der Waals surface area contributed by atoms with E-state index in [1.807, 2.05) is 32.0 Å². The number of hydrogen-bond acceptors (Lipinski definition) is 8. The number of amides is 1. The van der Waals surface area contributed by atoms with E-state index in [1.165, 1.54) is 7.11 Å². The van der Waals surface area contributed by atoms with E-state index in [-0.39, 0.29) is 28.5 Å². The Labute approximate surface area is 216 Å². The molecule has 10 heteroatoms. The summed E-state index contributed by atoms with van der Waals surface area (Å²) >= 11 is 1.64. The molecule has 1 aromatic carbocycles. The van der Waals surface area contributed by atoms with Gasteiger partial charge in [-0.3, -0.25) is 9.69 Å². The molecule has 0 aliphatic carbocycles. The molecule has 34 heavy (non-hydrogen) atoms. The minimum absolute atomic E-state index is 0.0238. The number of esters is 1. The molecule has 0 unspecified atom stereocenters. The van der Waals surface area contributed by atoms with Crippen molar-refractivity contribution in [1.82, 2.24) is 9.88 Å². The van der Waals surface area contributed by atoms with E-state index >= 15 is 0 Å². The van der Waals surface area contributed by atoms with Crippen LogP contribution in [0.1, 0.15) is 34.6 Å². The topological polar surface area (TPSA) is 68.7 Å². The lowest BCUT2D eigenvalue weighted by Gasteiger charge is -2.52. The first-order chi connectivity index (χ1) is 16.0. The van der Waals surface area contributed by atoms with Gasteiger partial charge in [0.1, 0.15) is 11.1 Å². The molecule has 0 N–H and O–H groups in total. The van der Waals surface area contributed by atoms with Gasteiger partial charge in [-0.1, -0.05) is 43.7 Å². The maximum absolute atomic E-state index is 13.6. The smallest absolute Gasteiger partial charge is 0.354 e. The Bertz CT molecular complexity index is 1040. The van der Waals surface area contributed by atoms with E-state index in [1.54, 1.807) is 37.8 Å². The molecule has 0 bridgehead atoms. The van der Waals surface area contributed by atoms with Crippen LogP contribution in [0, 0.1) is 17.3 Å². The molecule has 3 rings (SSSR count). The molecule has 1 fully saturated rings. The number of likely N-dealkylation sites (tertiary alicyclic amines) is 1. The van der Waals surface area contributed by atoms with Crippen LogP contribution in [0.3, 0.4) is 0 Å². The summed E-state index contributed by atoms with van der Waals surface area (Å²) in [6.45, 7) is 15.0. The van der Waals surface area contributed by atoms with E-state index in [4.69, 9.17) is 14.1 Å². The van der Waals surface area contributed by atoms with E-state index in [9.17, 15) is 9.59 Å². The van der Waals surface area contributed by atoms with Gasteiger partial charge < -0.3 is 9.16 Å². The van der Waals surface area contributed by atoms with Crippen molar-refractivity contribution in [3.63, 3.8) is 0 Å². The number of fused-ring (bicyclic) bond motifs is 1. The molecule has 3 atom stereocenters. The number of aromatic nitrogens is 1. The first-order valence-corrected chi connectivity index (χ1v) is 17.2. The molecule has 0 radical (unpaired) electrons. The number of β-lactam (4-membered cyclic amide) rings is 1. The summed E-state index contributed by atoms with van der Waals surface area (Å²) in [6.07, 6.45) is 0. The first-order valence-electron chi connectivity index (χ1n) is 11.3. The lowest BCUT2D eigenvalue weighted by molar-refractivity contribution is -0.159. The molecule has 0 spiro atoms. The van der Waals surface area contributed by atoms with Crippen LogP contribution in [-0.4, -0.2) is 49.9 Å². The average Bonchev–Trinajstić information content (AvgIpc) is 3.17. The molecule has 1 aliphatic heterocycles. The van der Waals surface area contributed by atoms with Gasteiger partial charge in [0.2, 0.25) is 5.91 Å². The highest BCUT2D eigenvalue weighted by atomic mass is 33.1. The fraction of sp³-hybridized carbons (Fsp3) is 0.542. The lowest BCUT2D eigenvalue weighted by atomic mass is 9.70. The Balaban J connectivity index is 1.94. The predicted molar refractivity (Wildman–Crippen MR) is 145 cm³/mol. The van der Waals surface area contributed by atoms with E-state index in [2.05, 4.69) is 39.9 Å². The standard InChI is InChI=1S/C24H34N2O4S3Si/c1-14(2)19(22(28)29-6)26-20(27)18(15(24(3,4)5)13-30-34(7)8)21(26)32-33-23-25-16-11-9-10-12-17(16)31-23/h9-12,15,18,21,34H,13H2,1-8H3/t15-,18+,21-/m1/s1. The van der Waals surface area contributed by atoms with Crippen molar-refractivity contribution < 1.29 is 18.8 Å². The molecular formula is C24H34N2O4S3Si. The normalized spacial score (nSPS) is 19.3. The zero-order chi connectivity index (χ0) is 25.2. The van der Waals surface area contributed by atoms with Gasteiger partial charge >= 0.3 is 5.97 Å². The highest BCUT2D eigenvalue weighted by Crippen LogP contribution is 2.53. The quantitative estimate of drug-likeness (QED) is 0.128. The molecule has 186 valence electrons. The minimum Gasteiger partial charge on any atom is -0.464 e. The lowest BCUT2D eigenvalue weighted by Crippen LogP contribution is -2.64. The van der Waals surface area contributed by atoms with Gasteiger partial charge in [0.25, 0.3) is 0 Å². The van der Waals surface area contributed by atoms with Gasteiger partial charge in [0.15, 0.2) is 13.4 Å². The Morgan fingerprint density at radius 1 is 1.26 bits per heavy atom. The Morgan fingerprint density at radius 3 is 2.50 bits per heavy atom. The van der Waals surface area contributed by atoms with Crippen molar-refractivity contribution in [1.29, 1.82) is 0 Å². The van der Waals surface area contributed by atoms with Gasteiger partial charge in [0.05, 0.1) is 23.2 Å². The second-order valence-electron chi connectivity index (χ2n) is 9.95. The number of benzene rings is 1. The number of nitrogens with zero attached hydrogens (tertiary/aromatic N) is 2. The molecule has 1 aromatic heterocycles. The number of carbonyl (C=O) groups excluding carboxylic acids is 2. The summed E-state index contributed by atoms with van der Waals surface area (Å²) in [6, 6.07) is 8.05. The molecule has 2 aromatic rings. The number of allylic oxidation sites excluding steroid dienone is 1. The SMILES string of the molecule is COC(=O)C(=C(C)C)N1C(=O)[C@H]([C@@H](CO[SiH](C)C)C(C)(C)C)[C@H]1SSc1nc2ccccc2s1. The number of rotatable bonds is 9. The third-order valence-electron chi connectivity index (χ3n) is 5.82. The van der Waals surface area contributed by atoms with Gasteiger partial charge in [-0.2, -0.15) is 0 Å². The maximum Gasteiger partial charge on any atom is 0.354 e. The highest BCUT2D eigenvalue weighted by molar-refractivity contribution is 8.77. The zero-order valence-electron chi connectivity index (χ0n) is 21.1. The molecule has 1 amide bonds. The maximum atomic E-state index is 13.6. The van der Waals surface area contributed by atoms with Crippen molar-refractivity contribution in [2.45, 2.75) is 57.4 Å². The molecule has 2 heterocycles. The second-order valence-corrected chi connectivity index (χ2v) is 16.0. The molecule has 6 nitrogen and oxygen atoms in total. The van der Waals surface area contributed by atoms with E-state index in [0.29, 0.717) is 12.3 Å². The number of ether oxygens (including phenoxy) is 1. The summed E-state index contributed by atoms with van der Waals surface area (Å²) < 4.78 is 13.2. The molecule has 0 saturated carbocycles. The molecule has 1 saturated heterocycles. The van der Waals surface area contributed by atoms with Crippen molar-refractivity contribution in [3.8, 4) is 0 Å². The average molecular weight is 539 g/mol. The van der Waals surface area contributed by atoms with Crippen molar-refractivity contribution in [3.05, 3.63) is 35.5 Å². The van der Waals surface area contributed by atoms with E-state index < -0.39 is 15.0 Å². The minimum atomic E-state index is -1.25. The monoisotopic (exact) mass is 538 g/mol.